The Morgan fingerprint density at radius 3 is 2.58 bits per heavy atom. The van der Waals surface area contributed by atoms with E-state index < -0.39 is 0 Å². The predicted molar refractivity (Wildman–Crippen MR) is 96.3 cm³/mol. The third-order valence-corrected chi connectivity index (χ3v) is 5.29. The number of thiazole rings is 1. The summed E-state index contributed by atoms with van der Waals surface area (Å²) in [7, 11) is 0. The summed E-state index contributed by atoms with van der Waals surface area (Å²) >= 11 is 1.47. The van der Waals surface area contributed by atoms with Gasteiger partial charge in [-0.2, -0.15) is 0 Å². The minimum Gasteiger partial charge on any atom is -0.337 e. The molecule has 4 nitrogen and oxygen atoms in total. The van der Waals surface area contributed by atoms with Crippen molar-refractivity contribution in [2.75, 3.05) is 13.1 Å². The Hall–Kier alpha value is -2.01. The number of rotatable bonds is 4. The second-order valence-electron chi connectivity index (χ2n) is 6.13. The van der Waals surface area contributed by atoms with E-state index in [0.717, 1.165) is 48.4 Å². The number of benzene rings is 1. The van der Waals surface area contributed by atoms with Gasteiger partial charge >= 0.3 is 0 Å². The van der Waals surface area contributed by atoms with Crippen molar-refractivity contribution in [3.8, 4) is 10.6 Å². The zero-order chi connectivity index (χ0) is 16.8. The van der Waals surface area contributed by atoms with Crippen LogP contribution in [0.3, 0.4) is 0 Å². The summed E-state index contributed by atoms with van der Waals surface area (Å²) < 4.78 is 0. The van der Waals surface area contributed by atoms with Crippen molar-refractivity contribution in [2.24, 2.45) is 0 Å². The molecule has 1 saturated heterocycles. The van der Waals surface area contributed by atoms with Crippen LogP contribution in [0.1, 0.15) is 48.2 Å². The number of amides is 1. The molecule has 1 aliphatic heterocycles. The Kier molecular flexibility index (Phi) is 5.75. The van der Waals surface area contributed by atoms with Gasteiger partial charge in [0.2, 0.25) is 0 Å². The molecule has 1 aromatic carbocycles. The number of nitrogens with zero attached hydrogens (tertiary/aromatic N) is 2. The van der Waals surface area contributed by atoms with Crippen LogP contribution < -0.4 is 0 Å². The first-order valence-corrected chi connectivity index (χ1v) is 9.44. The Morgan fingerprint density at radius 1 is 1.12 bits per heavy atom. The van der Waals surface area contributed by atoms with Crippen molar-refractivity contribution in [3.05, 3.63) is 40.9 Å². The van der Waals surface area contributed by atoms with Crippen LogP contribution in [0, 0.1) is 0 Å². The van der Waals surface area contributed by atoms with Gasteiger partial charge in [0.15, 0.2) is 0 Å². The molecule has 0 bridgehead atoms. The maximum absolute atomic E-state index is 12.7. The van der Waals surface area contributed by atoms with E-state index in [4.69, 9.17) is 0 Å². The molecule has 3 rings (SSSR count). The van der Waals surface area contributed by atoms with Crippen LogP contribution in [-0.4, -0.2) is 35.2 Å². The Morgan fingerprint density at radius 2 is 1.83 bits per heavy atom. The molecule has 0 aliphatic carbocycles. The molecule has 1 aliphatic rings. The lowest BCUT2D eigenvalue weighted by Gasteiger charge is -2.23. The van der Waals surface area contributed by atoms with E-state index in [1.807, 2.05) is 34.5 Å². The van der Waals surface area contributed by atoms with E-state index in [-0.39, 0.29) is 5.91 Å². The fourth-order valence-electron chi connectivity index (χ4n) is 3.10. The first kappa shape index (κ1) is 16.8. The topological polar surface area (TPSA) is 50.3 Å². The van der Waals surface area contributed by atoms with Gasteiger partial charge in [0.05, 0.1) is 0 Å². The van der Waals surface area contributed by atoms with Crippen LogP contribution in [0.15, 0.2) is 29.6 Å². The van der Waals surface area contributed by atoms with E-state index in [1.54, 1.807) is 0 Å². The van der Waals surface area contributed by atoms with E-state index in [1.165, 1.54) is 30.6 Å². The highest BCUT2D eigenvalue weighted by molar-refractivity contribution is 7.13. The number of carbonyl (C=O) groups is 2. The lowest BCUT2D eigenvalue weighted by atomic mass is 10.1. The van der Waals surface area contributed by atoms with Crippen molar-refractivity contribution in [3.63, 3.8) is 0 Å². The van der Waals surface area contributed by atoms with E-state index in [9.17, 15) is 9.59 Å². The lowest BCUT2D eigenvalue weighted by molar-refractivity contribution is -0.107. The first-order valence-electron chi connectivity index (χ1n) is 8.56. The normalized spacial score (nSPS) is 15.6. The monoisotopic (exact) mass is 342 g/mol. The molecule has 2 aromatic rings. The van der Waals surface area contributed by atoms with Gasteiger partial charge in [0, 0.05) is 30.5 Å². The molecule has 0 saturated carbocycles. The van der Waals surface area contributed by atoms with Crippen molar-refractivity contribution in [2.45, 2.75) is 38.5 Å². The number of likely N-dealkylation sites (tertiary alicyclic amines) is 1. The summed E-state index contributed by atoms with van der Waals surface area (Å²) in [5.41, 5.74) is 2.42. The zero-order valence-electron chi connectivity index (χ0n) is 13.7. The van der Waals surface area contributed by atoms with Crippen molar-refractivity contribution in [1.29, 1.82) is 0 Å². The highest BCUT2D eigenvalue weighted by Crippen LogP contribution is 2.28. The zero-order valence-corrected chi connectivity index (χ0v) is 14.6. The predicted octanol–water partition coefficient (Wildman–Crippen LogP) is 3.96. The number of carbonyl (C=O) groups excluding carboxylic acids is 2. The fraction of sp³-hybridized carbons (Fsp3) is 0.421. The van der Waals surface area contributed by atoms with Crippen LogP contribution in [0.2, 0.25) is 0 Å². The maximum Gasteiger partial charge on any atom is 0.273 e. The lowest BCUT2D eigenvalue weighted by Crippen LogP contribution is -2.34. The average molecular weight is 342 g/mol. The smallest absolute Gasteiger partial charge is 0.273 e. The Bertz CT molecular complexity index is 703. The molecule has 24 heavy (non-hydrogen) atoms. The molecule has 0 unspecified atom stereocenters. The molecule has 1 fully saturated rings. The standard InChI is InChI=1S/C19H22N2O2S/c22-13-10-15-8-4-5-9-16(15)18-20-17(14-24-18)19(23)21-11-6-2-1-3-7-12-21/h4-5,8-9,13-14H,1-3,6-7,10-12H2. The Labute approximate surface area is 146 Å². The van der Waals surface area contributed by atoms with Crippen molar-refractivity contribution >= 4 is 23.5 Å². The number of aldehydes is 1. The van der Waals surface area contributed by atoms with Crippen LogP contribution in [0.5, 0.6) is 0 Å². The highest BCUT2D eigenvalue weighted by Gasteiger charge is 2.20. The first-order chi connectivity index (χ1) is 11.8. The molecule has 1 aromatic heterocycles. The van der Waals surface area contributed by atoms with Gasteiger partial charge in [0.25, 0.3) is 5.91 Å². The van der Waals surface area contributed by atoms with Gasteiger partial charge in [-0.15, -0.1) is 11.3 Å². The van der Waals surface area contributed by atoms with Gasteiger partial charge in [-0.3, -0.25) is 4.79 Å². The second-order valence-corrected chi connectivity index (χ2v) is 6.98. The molecule has 2 heterocycles. The SMILES string of the molecule is O=CCc1ccccc1-c1nc(C(=O)N2CCCCCCC2)cs1. The molecule has 1 amide bonds. The second kappa shape index (κ2) is 8.20. The van der Waals surface area contributed by atoms with Gasteiger partial charge in [0.1, 0.15) is 17.0 Å². The molecular formula is C19H22N2O2S. The number of hydrogen-bond acceptors (Lipinski definition) is 4. The average Bonchev–Trinajstić information content (AvgIpc) is 3.05. The minimum absolute atomic E-state index is 0.0345. The Balaban J connectivity index is 1.80. The van der Waals surface area contributed by atoms with E-state index in [0.29, 0.717) is 12.1 Å². The van der Waals surface area contributed by atoms with E-state index >= 15 is 0 Å². The summed E-state index contributed by atoms with van der Waals surface area (Å²) in [5, 5.41) is 2.65. The summed E-state index contributed by atoms with van der Waals surface area (Å²) in [6, 6.07) is 7.75. The van der Waals surface area contributed by atoms with Gasteiger partial charge in [-0.1, -0.05) is 43.5 Å². The molecular weight excluding hydrogens is 320 g/mol. The van der Waals surface area contributed by atoms with Gasteiger partial charge in [-0.25, -0.2) is 4.98 Å². The summed E-state index contributed by atoms with van der Waals surface area (Å²) in [5.74, 6) is 0.0345. The molecule has 0 N–H and O–H groups in total. The number of hydrogen-bond donors (Lipinski definition) is 0. The largest absolute Gasteiger partial charge is 0.337 e. The molecule has 126 valence electrons. The van der Waals surface area contributed by atoms with Crippen molar-refractivity contribution in [1.82, 2.24) is 9.88 Å². The van der Waals surface area contributed by atoms with Gasteiger partial charge in [-0.05, 0) is 18.4 Å². The summed E-state index contributed by atoms with van der Waals surface area (Å²) in [4.78, 5) is 30.1. The van der Waals surface area contributed by atoms with E-state index in [2.05, 4.69) is 4.98 Å². The van der Waals surface area contributed by atoms with Crippen LogP contribution in [-0.2, 0) is 11.2 Å². The minimum atomic E-state index is 0.0345. The summed E-state index contributed by atoms with van der Waals surface area (Å²) in [6.45, 7) is 1.65. The van der Waals surface area contributed by atoms with Gasteiger partial charge < -0.3 is 9.69 Å². The third-order valence-electron chi connectivity index (χ3n) is 4.42. The number of aromatic nitrogens is 1. The van der Waals surface area contributed by atoms with Crippen LogP contribution in [0.4, 0.5) is 0 Å². The summed E-state index contributed by atoms with van der Waals surface area (Å²) in [6.07, 6.45) is 7.09. The van der Waals surface area contributed by atoms with Crippen molar-refractivity contribution < 1.29 is 9.59 Å². The maximum atomic E-state index is 12.7. The fourth-order valence-corrected chi connectivity index (χ4v) is 3.96. The molecule has 0 radical (unpaired) electrons. The van der Waals surface area contributed by atoms with Crippen LogP contribution >= 0.6 is 11.3 Å². The molecule has 5 heteroatoms. The van der Waals surface area contributed by atoms with Crippen LogP contribution in [0.25, 0.3) is 10.6 Å². The molecule has 0 spiro atoms. The third kappa shape index (κ3) is 3.90. The highest BCUT2D eigenvalue weighted by atomic mass is 32.1. The quantitative estimate of drug-likeness (QED) is 0.790. The molecule has 0 atom stereocenters.